The number of carbonyl (C=O) groups excluding carboxylic acids is 1. The van der Waals surface area contributed by atoms with Crippen molar-refractivity contribution in [2.75, 3.05) is 6.54 Å². The number of primary amides is 1. The van der Waals surface area contributed by atoms with E-state index in [0.29, 0.717) is 6.54 Å². The van der Waals surface area contributed by atoms with Gasteiger partial charge in [-0.2, -0.15) is 0 Å². The Morgan fingerprint density at radius 3 is 1.83 bits per heavy atom. The van der Waals surface area contributed by atoms with Crippen LogP contribution in [0, 0.1) is 10.1 Å². The van der Waals surface area contributed by atoms with Crippen LogP contribution in [-0.2, 0) is 0 Å². The molecule has 0 aliphatic carbocycles. The maximum Gasteiger partial charge on any atom is 0.318 e. The number of guanidine groups is 1. The molecule has 0 spiro atoms. The summed E-state index contributed by atoms with van der Waals surface area (Å²) in [5.74, 6) is 0.114. The van der Waals surface area contributed by atoms with Crippen molar-refractivity contribution in [3.63, 3.8) is 0 Å². The molecule has 0 radical (unpaired) electrons. The van der Waals surface area contributed by atoms with Crippen molar-refractivity contribution in [3.05, 3.63) is 10.1 Å². The summed E-state index contributed by atoms with van der Waals surface area (Å²) in [6.07, 6.45) is 12.9. The van der Waals surface area contributed by atoms with Crippen LogP contribution in [0.1, 0.15) is 71.1 Å². The van der Waals surface area contributed by atoms with E-state index in [0.717, 1.165) is 6.42 Å². The molecule has 9 heteroatoms. The number of nitrogens with one attached hydrogen (secondary N) is 1. The standard InChI is InChI=1S/C14H30N4O.HNO3/c1-2-3-4-5-6-7-8-9-10-11-12-17-13(15)18-14(16)19;2-1(3)4/h2-12H2,1H3,(H5,15,16,17,18,19);(H,2,3,4). The van der Waals surface area contributed by atoms with Crippen LogP contribution in [0.5, 0.6) is 0 Å². The topological polar surface area (TPSA) is 157 Å². The molecular weight excluding hydrogens is 302 g/mol. The Hall–Kier alpha value is -2.06. The minimum absolute atomic E-state index is 0.114. The number of hydrogen-bond acceptors (Lipinski definition) is 4. The second-order valence-electron chi connectivity index (χ2n) is 5.18. The van der Waals surface area contributed by atoms with Gasteiger partial charge in [0.1, 0.15) is 0 Å². The van der Waals surface area contributed by atoms with E-state index in [1.807, 2.05) is 0 Å². The van der Waals surface area contributed by atoms with Crippen LogP contribution in [0.4, 0.5) is 4.79 Å². The fraction of sp³-hybridized carbons (Fsp3) is 0.857. The number of aliphatic imine (C=N–C) groups is 1. The highest BCUT2D eigenvalue weighted by Gasteiger charge is 1.95. The largest absolute Gasteiger partial charge is 0.370 e. The van der Waals surface area contributed by atoms with Gasteiger partial charge in [0.15, 0.2) is 5.96 Å². The van der Waals surface area contributed by atoms with Gasteiger partial charge in [0.05, 0.1) is 0 Å². The van der Waals surface area contributed by atoms with Gasteiger partial charge in [0.2, 0.25) is 0 Å². The lowest BCUT2D eigenvalue weighted by Gasteiger charge is -2.02. The molecule has 6 N–H and O–H groups in total. The molecule has 0 atom stereocenters. The maximum atomic E-state index is 10.5. The molecule has 0 aliphatic rings. The second kappa shape index (κ2) is 18.0. The van der Waals surface area contributed by atoms with Gasteiger partial charge in [-0.25, -0.2) is 4.79 Å². The van der Waals surface area contributed by atoms with Gasteiger partial charge in [-0.1, -0.05) is 64.7 Å². The van der Waals surface area contributed by atoms with E-state index in [-0.39, 0.29) is 5.96 Å². The predicted molar refractivity (Wildman–Crippen MR) is 89.8 cm³/mol. The number of carbonyl (C=O) groups is 1. The number of urea groups is 1. The third-order valence-corrected chi connectivity index (χ3v) is 3.05. The summed E-state index contributed by atoms with van der Waals surface area (Å²) in [6, 6.07) is -0.663. The normalized spacial score (nSPS) is 10.6. The fourth-order valence-corrected chi connectivity index (χ4v) is 1.96. The van der Waals surface area contributed by atoms with Crippen molar-refractivity contribution in [2.24, 2.45) is 16.5 Å². The first-order valence-electron chi connectivity index (χ1n) is 8.09. The van der Waals surface area contributed by atoms with Crippen LogP contribution in [0.2, 0.25) is 0 Å². The number of unbranched alkanes of at least 4 members (excludes halogenated alkanes) is 9. The summed E-state index contributed by atoms with van der Waals surface area (Å²) >= 11 is 0. The Morgan fingerprint density at radius 1 is 1.04 bits per heavy atom. The van der Waals surface area contributed by atoms with Gasteiger partial charge < -0.3 is 16.7 Å². The van der Waals surface area contributed by atoms with E-state index in [9.17, 15) is 4.79 Å². The Balaban J connectivity index is 0. The highest BCUT2D eigenvalue weighted by atomic mass is 16.9. The Kier molecular flexibility index (Phi) is 18.2. The van der Waals surface area contributed by atoms with Crippen LogP contribution in [0.3, 0.4) is 0 Å². The zero-order valence-electron chi connectivity index (χ0n) is 14.0. The van der Waals surface area contributed by atoms with Gasteiger partial charge in [-0.3, -0.25) is 10.3 Å². The number of nitrogens with two attached hydrogens (primary N) is 2. The molecule has 0 heterocycles. The molecule has 23 heavy (non-hydrogen) atoms. The highest BCUT2D eigenvalue weighted by molar-refractivity contribution is 5.94. The van der Waals surface area contributed by atoms with Crippen LogP contribution in [0.25, 0.3) is 0 Å². The van der Waals surface area contributed by atoms with E-state index in [1.165, 1.54) is 57.8 Å². The van der Waals surface area contributed by atoms with Crippen molar-refractivity contribution in [2.45, 2.75) is 71.1 Å². The zero-order chi connectivity index (χ0) is 17.9. The second-order valence-corrected chi connectivity index (χ2v) is 5.18. The number of amides is 2. The molecule has 0 rings (SSSR count). The lowest BCUT2D eigenvalue weighted by atomic mass is 10.1. The zero-order valence-corrected chi connectivity index (χ0v) is 14.0. The molecule has 0 saturated carbocycles. The fourth-order valence-electron chi connectivity index (χ4n) is 1.96. The van der Waals surface area contributed by atoms with Crippen molar-refractivity contribution >= 4 is 12.0 Å². The van der Waals surface area contributed by atoms with Crippen LogP contribution >= 0.6 is 0 Å². The van der Waals surface area contributed by atoms with E-state index < -0.39 is 11.1 Å². The first-order chi connectivity index (χ1) is 10.9. The van der Waals surface area contributed by atoms with E-state index in [4.69, 9.17) is 26.8 Å². The molecule has 9 nitrogen and oxygen atoms in total. The molecule has 0 saturated heterocycles. The third-order valence-electron chi connectivity index (χ3n) is 3.05. The Bertz CT molecular complexity index is 333. The van der Waals surface area contributed by atoms with E-state index in [2.05, 4.69) is 17.2 Å². The molecule has 0 aromatic heterocycles. The van der Waals surface area contributed by atoms with Gasteiger partial charge >= 0.3 is 6.03 Å². The van der Waals surface area contributed by atoms with Gasteiger partial charge in [-0.15, -0.1) is 10.1 Å². The number of rotatable bonds is 11. The van der Waals surface area contributed by atoms with Crippen molar-refractivity contribution < 1.29 is 15.1 Å². The minimum atomic E-state index is -1.50. The molecule has 0 bridgehead atoms. The lowest BCUT2D eigenvalue weighted by molar-refractivity contribution is -0.742. The SMILES string of the molecule is CCCCCCCCCCCCN=C(N)NC(N)=O.O=[N+]([O-])O. The van der Waals surface area contributed by atoms with Crippen LogP contribution in [0.15, 0.2) is 4.99 Å². The predicted octanol–water partition coefficient (Wildman–Crippen LogP) is 2.54. The van der Waals surface area contributed by atoms with Crippen molar-refractivity contribution in [3.8, 4) is 0 Å². The van der Waals surface area contributed by atoms with E-state index in [1.54, 1.807) is 0 Å². The van der Waals surface area contributed by atoms with Gasteiger partial charge in [0.25, 0.3) is 5.09 Å². The maximum absolute atomic E-state index is 10.5. The summed E-state index contributed by atoms with van der Waals surface area (Å²) in [7, 11) is 0. The lowest BCUT2D eigenvalue weighted by Crippen LogP contribution is -2.40. The molecular formula is C14H31N5O4. The monoisotopic (exact) mass is 333 g/mol. The summed E-state index contributed by atoms with van der Waals surface area (Å²) < 4.78 is 0. The molecule has 136 valence electrons. The summed E-state index contributed by atoms with van der Waals surface area (Å²) in [5, 5.41) is 15.9. The summed E-state index contributed by atoms with van der Waals surface area (Å²) in [4.78, 5) is 22.8. The Labute approximate surface area is 137 Å². The van der Waals surface area contributed by atoms with E-state index >= 15 is 0 Å². The molecule has 0 aliphatic heterocycles. The van der Waals surface area contributed by atoms with Gasteiger partial charge in [-0.05, 0) is 6.42 Å². The third kappa shape index (κ3) is 28.8. The molecule has 0 aromatic carbocycles. The minimum Gasteiger partial charge on any atom is -0.370 e. The van der Waals surface area contributed by atoms with Gasteiger partial charge in [0, 0.05) is 6.54 Å². The first kappa shape index (κ1) is 23.2. The average Bonchev–Trinajstić information content (AvgIpc) is 2.43. The molecule has 0 fully saturated rings. The smallest absolute Gasteiger partial charge is 0.318 e. The quantitative estimate of drug-likeness (QED) is 0.150. The average molecular weight is 333 g/mol. The Morgan fingerprint density at radius 2 is 1.43 bits per heavy atom. The number of nitrogens with zero attached hydrogens (tertiary/aromatic N) is 2. The van der Waals surface area contributed by atoms with Crippen molar-refractivity contribution in [1.82, 2.24) is 5.32 Å². The molecule has 0 aromatic rings. The summed E-state index contributed by atoms with van der Waals surface area (Å²) in [5.41, 5.74) is 10.3. The molecule has 2 amide bonds. The van der Waals surface area contributed by atoms with Crippen molar-refractivity contribution in [1.29, 1.82) is 0 Å². The first-order valence-corrected chi connectivity index (χ1v) is 8.09. The molecule has 0 unspecified atom stereocenters. The highest BCUT2D eigenvalue weighted by Crippen LogP contribution is 2.10. The van der Waals surface area contributed by atoms with Crippen LogP contribution < -0.4 is 16.8 Å². The summed E-state index contributed by atoms with van der Waals surface area (Å²) in [6.45, 7) is 2.90. The number of hydrogen-bond donors (Lipinski definition) is 4. The van der Waals surface area contributed by atoms with Crippen LogP contribution in [-0.4, -0.2) is 28.8 Å².